The fraction of sp³-hybridized carbons (Fsp3) is 0.643. The van der Waals surface area contributed by atoms with Crippen LogP contribution in [-0.4, -0.2) is 36.0 Å². The van der Waals surface area contributed by atoms with Crippen molar-refractivity contribution in [1.29, 1.82) is 0 Å². The monoisotopic (exact) mass is 277 g/mol. The molecule has 6 heteroatoms. The predicted octanol–water partition coefficient (Wildman–Crippen LogP) is 1.09. The molecule has 1 atom stereocenters. The van der Waals surface area contributed by atoms with Crippen molar-refractivity contribution >= 4 is 17.5 Å². The number of carbonyl (C=O) groups excluding carboxylic acids is 1. The fourth-order valence-corrected chi connectivity index (χ4v) is 2.60. The Balaban J connectivity index is 2.36. The Labute approximate surface area is 119 Å². The number of nitrogens with one attached hydrogen (secondary N) is 1. The number of amides is 1. The number of nitrogens with zero attached hydrogens (tertiary/aromatic N) is 3. The van der Waals surface area contributed by atoms with Gasteiger partial charge in [-0.25, -0.2) is 9.97 Å². The van der Waals surface area contributed by atoms with Crippen LogP contribution < -0.4 is 16.0 Å². The molecule has 0 radical (unpaired) electrons. The summed E-state index contributed by atoms with van der Waals surface area (Å²) in [6, 6.07) is 0. The summed E-state index contributed by atoms with van der Waals surface area (Å²) in [7, 11) is 1.86. The SMILES string of the molecule is CCc1nc(NC)c(C)c(N2CCC(C)(C(N)=O)C2)n1. The standard InChI is InChI=1S/C14H23N5O/c1-5-10-17-11(16-4)9(2)12(18-10)19-7-6-14(3,8-19)13(15)20/h5-8H2,1-4H3,(H2,15,20)(H,16,17,18). The van der Waals surface area contributed by atoms with Gasteiger partial charge in [0.25, 0.3) is 0 Å². The Bertz CT molecular complexity index is 531. The first kappa shape index (κ1) is 14.6. The lowest BCUT2D eigenvalue weighted by Crippen LogP contribution is -2.37. The molecular formula is C14H23N5O. The lowest BCUT2D eigenvalue weighted by Gasteiger charge is -2.24. The molecule has 0 saturated carbocycles. The fourth-order valence-electron chi connectivity index (χ4n) is 2.60. The molecule has 1 aliphatic heterocycles. The number of hydrogen-bond donors (Lipinski definition) is 2. The Morgan fingerprint density at radius 2 is 2.20 bits per heavy atom. The molecule has 20 heavy (non-hydrogen) atoms. The highest BCUT2D eigenvalue weighted by atomic mass is 16.1. The van der Waals surface area contributed by atoms with Crippen molar-refractivity contribution < 1.29 is 4.79 Å². The zero-order valence-electron chi connectivity index (χ0n) is 12.7. The third kappa shape index (κ3) is 2.42. The van der Waals surface area contributed by atoms with Crippen molar-refractivity contribution in [2.24, 2.45) is 11.1 Å². The van der Waals surface area contributed by atoms with Gasteiger partial charge in [-0.15, -0.1) is 0 Å². The van der Waals surface area contributed by atoms with Crippen LogP contribution in [0.3, 0.4) is 0 Å². The van der Waals surface area contributed by atoms with Crippen LogP contribution in [0.2, 0.25) is 0 Å². The highest BCUT2D eigenvalue weighted by Crippen LogP contribution is 2.34. The van der Waals surface area contributed by atoms with Crippen LogP contribution in [0.1, 0.15) is 31.7 Å². The van der Waals surface area contributed by atoms with E-state index in [0.29, 0.717) is 6.54 Å². The minimum atomic E-state index is -0.469. The molecule has 2 heterocycles. The van der Waals surface area contributed by atoms with Crippen molar-refractivity contribution in [3.8, 4) is 0 Å². The maximum atomic E-state index is 11.6. The van der Waals surface area contributed by atoms with E-state index in [1.165, 1.54) is 0 Å². The largest absolute Gasteiger partial charge is 0.373 e. The van der Waals surface area contributed by atoms with Crippen LogP contribution in [-0.2, 0) is 11.2 Å². The van der Waals surface area contributed by atoms with Gasteiger partial charge in [-0.2, -0.15) is 0 Å². The first-order chi connectivity index (χ1) is 9.41. The van der Waals surface area contributed by atoms with E-state index in [1.54, 1.807) is 0 Å². The number of aromatic nitrogens is 2. The van der Waals surface area contributed by atoms with Crippen LogP contribution in [0.15, 0.2) is 0 Å². The second-order valence-corrected chi connectivity index (χ2v) is 5.64. The molecule has 3 N–H and O–H groups in total. The van der Waals surface area contributed by atoms with Gasteiger partial charge >= 0.3 is 0 Å². The summed E-state index contributed by atoms with van der Waals surface area (Å²) in [5, 5.41) is 3.11. The molecule has 0 spiro atoms. The maximum Gasteiger partial charge on any atom is 0.225 e. The van der Waals surface area contributed by atoms with E-state index >= 15 is 0 Å². The number of carbonyl (C=O) groups is 1. The number of rotatable bonds is 4. The smallest absolute Gasteiger partial charge is 0.225 e. The third-order valence-corrected chi connectivity index (χ3v) is 4.09. The van der Waals surface area contributed by atoms with E-state index < -0.39 is 5.41 Å². The number of aryl methyl sites for hydroxylation is 1. The normalized spacial score (nSPS) is 22.1. The van der Waals surface area contributed by atoms with Crippen LogP contribution >= 0.6 is 0 Å². The van der Waals surface area contributed by atoms with E-state index in [2.05, 4.69) is 20.2 Å². The summed E-state index contributed by atoms with van der Waals surface area (Å²) in [4.78, 5) is 22.8. The zero-order chi connectivity index (χ0) is 14.9. The average molecular weight is 277 g/mol. The summed E-state index contributed by atoms with van der Waals surface area (Å²) in [5.74, 6) is 2.32. The molecule has 110 valence electrons. The minimum Gasteiger partial charge on any atom is -0.373 e. The number of nitrogens with two attached hydrogens (primary N) is 1. The first-order valence-electron chi connectivity index (χ1n) is 7.01. The van der Waals surface area contributed by atoms with Gasteiger partial charge in [-0.05, 0) is 20.3 Å². The molecule has 1 amide bonds. The van der Waals surface area contributed by atoms with Crippen molar-refractivity contribution in [1.82, 2.24) is 9.97 Å². The molecule has 0 aliphatic carbocycles. The Hall–Kier alpha value is -1.85. The second-order valence-electron chi connectivity index (χ2n) is 5.64. The van der Waals surface area contributed by atoms with Gasteiger partial charge in [0.1, 0.15) is 17.5 Å². The lowest BCUT2D eigenvalue weighted by atomic mass is 9.89. The Kier molecular flexibility index (Phi) is 3.83. The van der Waals surface area contributed by atoms with Crippen LogP contribution in [0.4, 0.5) is 11.6 Å². The summed E-state index contributed by atoms with van der Waals surface area (Å²) in [6.45, 7) is 7.37. The molecule has 0 aromatic carbocycles. The number of primary amides is 1. The van der Waals surface area contributed by atoms with Gasteiger partial charge in [0.05, 0.1) is 5.41 Å². The van der Waals surface area contributed by atoms with E-state index in [9.17, 15) is 4.79 Å². The van der Waals surface area contributed by atoms with Crippen molar-refractivity contribution in [2.45, 2.75) is 33.6 Å². The van der Waals surface area contributed by atoms with E-state index in [1.807, 2.05) is 27.8 Å². The van der Waals surface area contributed by atoms with Gasteiger partial charge < -0.3 is 16.0 Å². The lowest BCUT2D eigenvalue weighted by molar-refractivity contribution is -0.125. The molecule has 6 nitrogen and oxygen atoms in total. The molecule has 1 fully saturated rings. The average Bonchev–Trinajstić information content (AvgIpc) is 2.83. The highest BCUT2D eigenvalue weighted by molar-refractivity contribution is 5.82. The topological polar surface area (TPSA) is 84.1 Å². The van der Waals surface area contributed by atoms with Gasteiger partial charge in [0, 0.05) is 32.1 Å². The quantitative estimate of drug-likeness (QED) is 0.860. The van der Waals surface area contributed by atoms with Crippen LogP contribution in [0, 0.1) is 12.3 Å². The molecule has 1 aromatic rings. The van der Waals surface area contributed by atoms with Gasteiger partial charge in [-0.1, -0.05) is 6.92 Å². The summed E-state index contributed by atoms with van der Waals surface area (Å²) in [5.41, 5.74) is 6.06. The summed E-state index contributed by atoms with van der Waals surface area (Å²) < 4.78 is 0. The first-order valence-corrected chi connectivity index (χ1v) is 7.01. The molecular weight excluding hydrogens is 254 g/mol. The predicted molar refractivity (Wildman–Crippen MR) is 79.8 cm³/mol. The van der Waals surface area contributed by atoms with E-state index in [4.69, 9.17) is 5.73 Å². The number of hydrogen-bond acceptors (Lipinski definition) is 5. The number of anilines is 2. The molecule has 2 rings (SSSR count). The van der Waals surface area contributed by atoms with E-state index in [0.717, 1.165) is 42.4 Å². The molecule has 0 bridgehead atoms. The molecule has 1 aromatic heterocycles. The van der Waals surface area contributed by atoms with Gasteiger partial charge in [-0.3, -0.25) is 4.79 Å². The highest BCUT2D eigenvalue weighted by Gasteiger charge is 2.40. The van der Waals surface area contributed by atoms with Crippen molar-refractivity contribution in [3.05, 3.63) is 11.4 Å². The van der Waals surface area contributed by atoms with Gasteiger partial charge in [0.15, 0.2) is 0 Å². The molecule has 1 saturated heterocycles. The summed E-state index contributed by atoms with van der Waals surface area (Å²) >= 11 is 0. The van der Waals surface area contributed by atoms with Crippen molar-refractivity contribution in [3.63, 3.8) is 0 Å². The Morgan fingerprint density at radius 1 is 1.50 bits per heavy atom. The Morgan fingerprint density at radius 3 is 2.70 bits per heavy atom. The summed E-state index contributed by atoms with van der Waals surface area (Å²) in [6.07, 6.45) is 1.55. The second kappa shape index (κ2) is 5.26. The maximum absolute atomic E-state index is 11.6. The third-order valence-electron chi connectivity index (χ3n) is 4.09. The zero-order valence-corrected chi connectivity index (χ0v) is 12.7. The van der Waals surface area contributed by atoms with Gasteiger partial charge in [0.2, 0.25) is 5.91 Å². The minimum absolute atomic E-state index is 0.240. The molecule has 1 unspecified atom stereocenters. The van der Waals surface area contributed by atoms with Crippen molar-refractivity contribution in [2.75, 3.05) is 30.4 Å². The molecule has 1 aliphatic rings. The van der Waals surface area contributed by atoms with E-state index in [-0.39, 0.29) is 5.91 Å². The van der Waals surface area contributed by atoms with Crippen LogP contribution in [0.25, 0.3) is 0 Å². The van der Waals surface area contributed by atoms with Crippen LogP contribution in [0.5, 0.6) is 0 Å².